The van der Waals surface area contributed by atoms with Crippen LogP contribution in [0.5, 0.6) is 17.2 Å². The van der Waals surface area contributed by atoms with Gasteiger partial charge in [-0.2, -0.15) is 0 Å². The molecule has 136 valence electrons. The Morgan fingerprint density at radius 2 is 2.00 bits per heavy atom. The van der Waals surface area contributed by atoms with Crippen LogP contribution in [0.3, 0.4) is 0 Å². The molecule has 0 aromatic heterocycles. The van der Waals surface area contributed by atoms with Gasteiger partial charge in [0.25, 0.3) is 0 Å². The smallest absolute Gasteiger partial charge is 0.129 e. The minimum Gasteiger partial charge on any atom is -0.508 e. The van der Waals surface area contributed by atoms with Gasteiger partial charge in [-0.05, 0) is 44.5 Å². The Morgan fingerprint density at radius 3 is 2.69 bits per heavy atom. The molecule has 0 fully saturated rings. The molecule has 0 saturated heterocycles. The average Bonchev–Trinajstić information content (AvgIpc) is 2.91. The number of fused-ring (bicyclic) bond motifs is 1. The molecule has 1 aliphatic carbocycles. The summed E-state index contributed by atoms with van der Waals surface area (Å²) in [7, 11) is 1.77. The van der Waals surface area contributed by atoms with Crippen molar-refractivity contribution in [1.82, 2.24) is 0 Å². The van der Waals surface area contributed by atoms with Crippen LogP contribution in [-0.4, -0.2) is 23.0 Å². The Balaban J connectivity index is 2.03. The van der Waals surface area contributed by atoms with Crippen molar-refractivity contribution in [2.24, 2.45) is 10.9 Å². The van der Waals surface area contributed by atoms with Crippen molar-refractivity contribution in [2.45, 2.75) is 33.3 Å². The molecule has 2 aromatic rings. The van der Waals surface area contributed by atoms with Crippen LogP contribution < -0.4 is 4.74 Å². The standard InChI is InChI=1S/C22H25NO3/c1-5-6-19(23-4)18-9-13(2)7-8-21(18)26-22-14(3)10-16-17(22)11-15(24)12-20(16)25/h5-9,11-12,14,22,24-25H,10H2,1-4H3/b6-5-,23-19?/t14?,22-/m1/s1. The minimum atomic E-state index is -0.229. The summed E-state index contributed by atoms with van der Waals surface area (Å²) in [5, 5.41) is 20.0. The molecular weight excluding hydrogens is 326 g/mol. The second kappa shape index (κ2) is 7.24. The van der Waals surface area contributed by atoms with Crippen LogP contribution >= 0.6 is 0 Å². The van der Waals surface area contributed by atoms with Crippen LogP contribution in [0.15, 0.2) is 47.5 Å². The maximum atomic E-state index is 10.2. The molecule has 1 unspecified atom stereocenters. The number of nitrogens with zero attached hydrogens (tertiary/aromatic N) is 1. The van der Waals surface area contributed by atoms with Gasteiger partial charge in [0.1, 0.15) is 23.4 Å². The largest absolute Gasteiger partial charge is 0.508 e. The van der Waals surface area contributed by atoms with Gasteiger partial charge < -0.3 is 14.9 Å². The first-order valence-electron chi connectivity index (χ1n) is 8.86. The number of rotatable bonds is 4. The quantitative estimate of drug-likeness (QED) is 0.784. The summed E-state index contributed by atoms with van der Waals surface area (Å²) >= 11 is 0. The molecule has 2 atom stereocenters. The third-order valence-electron chi connectivity index (χ3n) is 4.83. The lowest BCUT2D eigenvalue weighted by atomic mass is 10.0. The van der Waals surface area contributed by atoms with Gasteiger partial charge in [-0.25, -0.2) is 0 Å². The van der Waals surface area contributed by atoms with E-state index in [1.807, 2.05) is 38.1 Å². The summed E-state index contributed by atoms with van der Waals surface area (Å²) in [4.78, 5) is 4.39. The summed E-state index contributed by atoms with van der Waals surface area (Å²) in [5.74, 6) is 1.13. The molecule has 2 N–H and O–H groups in total. The summed E-state index contributed by atoms with van der Waals surface area (Å²) in [5.41, 5.74) is 4.63. The van der Waals surface area contributed by atoms with E-state index in [2.05, 4.69) is 18.0 Å². The molecular formula is C22H25NO3. The topological polar surface area (TPSA) is 62.0 Å². The Morgan fingerprint density at radius 1 is 1.23 bits per heavy atom. The SMILES string of the molecule is C/C=C\C(=NC)c1cc(C)ccc1O[C@H]1c2cc(O)cc(O)c2CC1C. The zero-order valence-corrected chi connectivity index (χ0v) is 15.7. The number of ether oxygens (including phenoxy) is 1. The second-order valence-electron chi connectivity index (χ2n) is 6.86. The molecule has 4 heteroatoms. The molecule has 0 bridgehead atoms. The molecule has 0 spiro atoms. The average molecular weight is 351 g/mol. The molecule has 3 rings (SSSR count). The van der Waals surface area contributed by atoms with E-state index in [9.17, 15) is 10.2 Å². The van der Waals surface area contributed by atoms with E-state index in [1.54, 1.807) is 13.1 Å². The lowest BCUT2D eigenvalue weighted by Crippen LogP contribution is -2.13. The van der Waals surface area contributed by atoms with Crippen molar-refractivity contribution in [2.75, 3.05) is 7.05 Å². The van der Waals surface area contributed by atoms with Gasteiger partial charge in [0.2, 0.25) is 0 Å². The van der Waals surface area contributed by atoms with Gasteiger partial charge in [0, 0.05) is 35.7 Å². The molecule has 0 radical (unpaired) electrons. The summed E-state index contributed by atoms with van der Waals surface area (Å²) < 4.78 is 6.40. The van der Waals surface area contributed by atoms with E-state index in [0.717, 1.165) is 40.1 Å². The second-order valence-corrected chi connectivity index (χ2v) is 6.86. The van der Waals surface area contributed by atoms with Crippen LogP contribution in [0.25, 0.3) is 0 Å². The number of phenols is 2. The Labute approximate surface area is 154 Å². The lowest BCUT2D eigenvalue weighted by Gasteiger charge is -2.22. The number of aryl methyl sites for hydroxylation is 1. The molecule has 0 aliphatic heterocycles. The van der Waals surface area contributed by atoms with Crippen molar-refractivity contribution in [3.63, 3.8) is 0 Å². The number of hydrogen-bond acceptors (Lipinski definition) is 4. The highest BCUT2D eigenvalue weighted by Crippen LogP contribution is 2.45. The summed E-state index contributed by atoms with van der Waals surface area (Å²) in [6.45, 7) is 6.10. The van der Waals surface area contributed by atoms with Gasteiger partial charge in [-0.3, -0.25) is 4.99 Å². The molecule has 0 saturated carbocycles. The lowest BCUT2D eigenvalue weighted by molar-refractivity contribution is 0.159. The number of benzene rings is 2. The monoisotopic (exact) mass is 351 g/mol. The van der Waals surface area contributed by atoms with Crippen LogP contribution in [-0.2, 0) is 6.42 Å². The van der Waals surface area contributed by atoms with E-state index in [-0.39, 0.29) is 23.5 Å². The van der Waals surface area contributed by atoms with E-state index in [0.29, 0.717) is 0 Å². The van der Waals surface area contributed by atoms with Crippen molar-refractivity contribution >= 4 is 5.71 Å². The molecule has 4 nitrogen and oxygen atoms in total. The molecule has 2 aromatic carbocycles. The molecule has 1 aliphatic rings. The molecule has 0 amide bonds. The predicted molar refractivity (Wildman–Crippen MR) is 104 cm³/mol. The number of phenolic OH excluding ortho intramolecular Hbond substituents is 2. The summed E-state index contributed by atoms with van der Waals surface area (Å²) in [6, 6.07) is 9.13. The highest BCUT2D eigenvalue weighted by atomic mass is 16.5. The van der Waals surface area contributed by atoms with Gasteiger partial charge >= 0.3 is 0 Å². The fourth-order valence-electron chi connectivity index (χ4n) is 3.58. The first-order valence-corrected chi connectivity index (χ1v) is 8.86. The van der Waals surface area contributed by atoms with Gasteiger partial charge in [0.05, 0.1) is 5.71 Å². The number of aliphatic imine (C=N–C) groups is 1. The van der Waals surface area contributed by atoms with Gasteiger partial charge in [-0.15, -0.1) is 0 Å². The van der Waals surface area contributed by atoms with Gasteiger partial charge in [-0.1, -0.05) is 24.6 Å². The third-order valence-corrected chi connectivity index (χ3v) is 4.83. The Hall–Kier alpha value is -2.75. The van der Waals surface area contributed by atoms with Crippen LogP contribution in [0.4, 0.5) is 0 Å². The van der Waals surface area contributed by atoms with E-state index in [1.165, 1.54) is 6.07 Å². The molecule has 0 heterocycles. The van der Waals surface area contributed by atoms with E-state index < -0.39 is 0 Å². The van der Waals surface area contributed by atoms with Crippen molar-refractivity contribution < 1.29 is 14.9 Å². The van der Waals surface area contributed by atoms with Crippen LogP contribution in [0.1, 0.15) is 42.2 Å². The molecule has 26 heavy (non-hydrogen) atoms. The fourth-order valence-corrected chi connectivity index (χ4v) is 3.58. The normalized spacial score (nSPS) is 19.8. The van der Waals surface area contributed by atoms with Gasteiger partial charge in [0.15, 0.2) is 0 Å². The van der Waals surface area contributed by atoms with E-state index >= 15 is 0 Å². The summed E-state index contributed by atoms with van der Waals surface area (Å²) in [6.07, 6.45) is 4.41. The third kappa shape index (κ3) is 3.32. The van der Waals surface area contributed by atoms with Crippen LogP contribution in [0, 0.1) is 12.8 Å². The zero-order chi connectivity index (χ0) is 18.8. The fraction of sp³-hybridized carbons (Fsp3) is 0.318. The highest BCUT2D eigenvalue weighted by Gasteiger charge is 2.34. The number of hydrogen-bond donors (Lipinski definition) is 2. The zero-order valence-electron chi connectivity index (χ0n) is 15.7. The number of allylic oxidation sites excluding steroid dienone is 2. The van der Waals surface area contributed by atoms with Crippen LogP contribution in [0.2, 0.25) is 0 Å². The first-order chi connectivity index (χ1) is 12.4. The number of aromatic hydroxyl groups is 2. The maximum absolute atomic E-state index is 10.2. The predicted octanol–water partition coefficient (Wildman–Crippen LogP) is 4.71. The highest BCUT2D eigenvalue weighted by molar-refractivity contribution is 6.10. The van der Waals surface area contributed by atoms with Crippen molar-refractivity contribution in [1.29, 1.82) is 0 Å². The van der Waals surface area contributed by atoms with Crippen molar-refractivity contribution in [3.8, 4) is 17.2 Å². The first kappa shape index (κ1) is 18.1. The van der Waals surface area contributed by atoms with Crippen molar-refractivity contribution in [3.05, 3.63) is 64.7 Å². The maximum Gasteiger partial charge on any atom is 0.129 e. The van der Waals surface area contributed by atoms with E-state index in [4.69, 9.17) is 4.74 Å². The Bertz CT molecular complexity index is 883. The Kier molecular flexibility index (Phi) is 5.03. The minimum absolute atomic E-state index is 0.0535.